The topological polar surface area (TPSA) is 54.0 Å². The van der Waals surface area contributed by atoms with Crippen LogP contribution in [0.2, 0.25) is 0 Å². The van der Waals surface area contributed by atoms with Crippen molar-refractivity contribution in [3.05, 3.63) is 53.3 Å². The highest BCUT2D eigenvalue weighted by atomic mass is 16.1. The Morgan fingerprint density at radius 3 is 2.74 bits per heavy atom. The average Bonchev–Trinajstić information content (AvgIpc) is 3.05. The third kappa shape index (κ3) is 3.70. The minimum Gasteiger partial charge on any atom is -0.381 e. The Morgan fingerprint density at radius 2 is 1.96 bits per heavy atom. The molecule has 23 heavy (non-hydrogen) atoms. The molecular weight excluding hydrogens is 286 g/mol. The van der Waals surface area contributed by atoms with Gasteiger partial charge in [0.25, 0.3) is 5.91 Å². The molecule has 0 unspecified atom stereocenters. The van der Waals surface area contributed by atoms with Gasteiger partial charge in [-0.25, -0.2) is 0 Å². The van der Waals surface area contributed by atoms with Crippen molar-refractivity contribution < 1.29 is 4.79 Å². The van der Waals surface area contributed by atoms with Crippen LogP contribution in [0.25, 0.3) is 0 Å². The number of carbonyl (C=O) groups excluding carboxylic acids is 1. The lowest BCUT2D eigenvalue weighted by atomic mass is 10.1. The zero-order chi connectivity index (χ0) is 16.2. The molecule has 0 aliphatic heterocycles. The van der Waals surface area contributed by atoms with Crippen molar-refractivity contribution >= 4 is 17.3 Å². The number of hydrogen-bond donors (Lipinski definition) is 2. The monoisotopic (exact) mass is 309 g/mol. The summed E-state index contributed by atoms with van der Waals surface area (Å²) >= 11 is 0. The van der Waals surface area contributed by atoms with E-state index in [1.807, 2.05) is 38.1 Å². The summed E-state index contributed by atoms with van der Waals surface area (Å²) in [5.74, 6) is -0.124. The fraction of sp³-hybridized carbons (Fsp3) is 0.368. The van der Waals surface area contributed by atoms with Crippen LogP contribution in [0, 0.1) is 13.8 Å². The van der Waals surface area contributed by atoms with Crippen LogP contribution in [-0.2, 0) is 0 Å². The van der Waals surface area contributed by atoms with E-state index in [0.717, 1.165) is 22.5 Å². The van der Waals surface area contributed by atoms with Gasteiger partial charge in [-0.3, -0.25) is 9.78 Å². The van der Waals surface area contributed by atoms with E-state index >= 15 is 0 Å². The molecule has 0 bridgehead atoms. The van der Waals surface area contributed by atoms with Gasteiger partial charge in [0.2, 0.25) is 0 Å². The molecule has 3 rings (SSSR count). The Balaban J connectivity index is 1.73. The maximum Gasteiger partial charge on any atom is 0.257 e. The van der Waals surface area contributed by atoms with Gasteiger partial charge in [0.1, 0.15) is 0 Å². The van der Waals surface area contributed by atoms with Gasteiger partial charge < -0.3 is 10.6 Å². The lowest BCUT2D eigenvalue weighted by Gasteiger charge is -2.14. The van der Waals surface area contributed by atoms with E-state index in [2.05, 4.69) is 15.6 Å². The fourth-order valence-corrected chi connectivity index (χ4v) is 3.03. The summed E-state index contributed by atoms with van der Waals surface area (Å²) in [4.78, 5) is 16.7. The Hall–Kier alpha value is -2.36. The second-order valence-electron chi connectivity index (χ2n) is 6.29. The Bertz CT molecular complexity index is 706. The van der Waals surface area contributed by atoms with E-state index in [4.69, 9.17) is 0 Å². The molecule has 120 valence electrons. The van der Waals surface area contributed by atoms with Gasteiger partial charge >= 0.3 is 0 Å². The SMILES string of the molecule is Cc1cccc(NC(=O)c2cncc(NC3CCCC3)c2)c1C. The molecule has 1 saturated carbocycles. The third-order valence-electron chi connectivity index (χ3n) is 4.58. The molecule has 2 N–H and O–H groups in total. The van der Waals surface area contributed by atoms with Gasteiger partial charge in [0.15, 0.2) is 0 Å². The van der Waals surface area contributed by atoms with Crippen molar-refractivity contribution in [1.29, 1.82) is 0 Å². The van der Waals surface area contributed by atoms with Gasteiger partial charge in [0.05, 0.1) is 11.3 Å². The zero-order valence-corrected chi connectivity index (χ0v) is 13.7. The van der Waals surface area contributed by atoms with Crippen LogP contribution in [0.15, 0.2) is 36.7 Å². The van der Waals surface area contributed by atoms with Crippen LogP contribution in [0.1, 0.15) is 47.2 Å². The van der Waals surface area contributed by atoms with Gasteiger partial charge in [-0.15, -0.1) is 0 Å². The summed E-state index contributed by atoms with van der Waals surface area (Å²) in [6, 6.07) is 8.31. The molecule has 4 nitrogen and oxygen atoms in total. The number of pyridine rings is 1. The van der Waals surface area contributed by atoms with Crippen LogP contribution in [-0.4, -0.2) is 16.9 Å². The number of nitrogens with one attached hydrogen (secondary N) is 2. The first-order chi connectivity index (χ1) is 11.1. The number of anilines is 2. The number of hydrogen-bond acceptors (Lipinski definition) is 3. The molecule has 1 aliphatic rings. The average molecular weight is 309 g/mol. The van der Waals surface area contributed by atoms with Crippen LogP contribution in [0.4, 0.5) is 11.4 Å². The lowest BCUT2D eigenvalue weighted by Crippen LogP contribution is -2.17. The van der Waals surface area contributed by atoms with E-state index in [-0.39, 0.29) is 5.91 Å². The standard InChI is InChI=1S/C19H23N3O/c1-13-6-5-9-18(14(13)2)22-19(23)15-10-17(12-20-11-15)21-16-7-3-4-8-16/h5-6,9-12,16,21H,3-4,7-8H2,1-2H3,(H,22,23). The smallest absolute Gasteiger partial charge is 0.257 e. The normalized spacial score (nSPS) is 14.7. The first-order valence-electron chi connectivity index (χ1n) is 8.22. The third-order valence-corrected chi connectivity index (χ3v) is 4.58. The Labute approximate surface area is 137 Å². The van der Waals surface area contributed by atoms with Crippen LogP contribution in [0.5, 0.6) is 0 Å². The largest absolute Gasteiger partial charge is 0.381 e. The summed E-state index contributed by atoms with van der Waals surface area (Å²) in [5, 5.41) is 6.46. The van der Waals surface area contributed by atoms with Gasteiger partial charge in [-0.2, -0.15) is 0 Å². The van der Waals surface area contributed by atoms with Gasteiger partial charge in [-0.1, -0.05) is 25.0 Å². The molecular formula is C19H23N3O. The molecule has 1 heterocycles. The zero-order valence-electron chi connectivity index (χ0n) is 13.7. The number of carbonyl (C=O) groups is 1. The van der Waals surface area contributed by atoms with Crippen molar-refractivity contribution in [2.45, 2.75) is 45.6 Å². The van der Waals surface area contributed by atoms with E-state index < -0.39 is 0 Å². The van der Waals surface area contributed by atoms with E-state index in [0.29, 0.717) is 11.6 Å². The highest BCUT2D eigenvalue weighted by Crippen LogP contribution is 2.23. The van der Waals surface area contributed by atoms with Crippen molar-refractivity contribution in [2.75, 3.05) is 10.6 Å². The second-order valence-corrected chi connectivity index (χ2v) is 6.29. The number of aromatic nitrogens is 1. The summed E-state index contributed by atoms with van der Waals surface area (Å²) in [6.07, 6.45) is 8.33. The van der Waals surface area contributed by atoms with Crippen molar-refractivity contribution in [1.82, 2.24) is 4.98 Å². The minimum atomic E-state index is -0.124. The summed E-state index contributed by atoms with van der Waals surface area (Å²) in [5.41, 5.74) is 4.61. The van der Waals surface area contributed by atoms with Crippen molar-refractivity contribution in [3.8, 4) is 0 Å². The molecule has 1 aromatic heterocycles. The first-order valence-corrected chi connectivity index (χ1v) is 8.22. The van der Waals surface area contributed by atoms with Crippen molar-refractivity contribution in [2.24, 2.45) is 0 Å². The maximum atomic E-state index is 12.5. The molecule has 2 aromatic rings. The molecule has 1 fully saturated rings. The molecule has 0 atom stereocenters. The van der Waals surface area contributed by atoms with Crippen LogP contribution >= 0.6 is 0 Å². The van der Waals surface area contributed by atoms with Crippen LogP contribution < -0.4 is 10.6 Å². The predicted octanol–water partition coefficient (Wildman–Crippen LogP) is 4.31. The van der Waals surface area contributed by atoms with Gasteiger partial charge in [-0.05, 0) is 49.9 Å². The number of amides is 1. The molecule has 1 aliphatic carbocycles. The van der Waals surface area contributed by atoms with Gasteiger partial charge in [0, 0.05) is 24.1 Å². The Kier molecular flexibility index (Phi) is 4.60. The summed E-state index contributed by atoms with van der Waals surface area (Å²) in [6.45, 7) is 4.06. The van der Waals surface area contributed by atoms with E-state index in [1.54, 1.807) is 12.4 Å². The van der Waals surface area contributed by atoms with Crippen LogP contribution in [0.3, 0.4) is 0 Å². The molecule has 4 heteroatoms. The molecule has 1 amide bonds. The summed E-state index contributed by atoms with van der Waals surface area (Å²) in [7, 11) is 0. The highest BCUT2D eigenvalue weighted by Gasteiger charge is 2.15. The van der Waals surface area contributed by atoms with E-state index in [9.17, 15) is 4.79 Å². The highest BCUT2D eigenvalue weighted by molar-refractivity contribution is 6.05. The molecule has 1 aromatic carbocycles. The van der Waals surface area contributed by atoms with E-state index in [1.165, 1.54) is 25.7 Å². The number of nitrogens with zero attached hydrogens (tertiary/aromatic N) is 1. The molecule has 0 spiro atoms. The van der Waals surface area contributed by atoms with Crippen molar-refractivity contribution in [3.63, 3.8) is 0 Å². The number of rotatable bonds is 4. The number of benzene rings is 1. The number of aryl methyl sites for hydroxylation is 1. The maximum absolute atomic E-state index is 12.5. The molecule has 0 saturated heterocycles. The fourth-order valence-electron chi connectivity index (χ4n) is 3.03. The quantitative estimate of drug-likeness (QED) is 0.885. The Morgan fingerprint density at radius 1 is 1.17 bits per heavy atom. The minimum absolute atomic E-state index is 0.124. The summed E-state index contributed by atoms with van der Waals surface area (Å²) < 4.78 is 0. The first kappa shape index (κ1) is 15.5. The second kappa shape index (κ2) is 6.82. The lowest BCUT2D eigenvalue weighted by molar-refractivity contribution is 0.102. The molecule has 0 radical (unpaired) electrons. The predicted molar refractivity (Wildman–Crippen MR) is 94.0 cm³/mol.